The van der Waals surface area contributed by atoms with E-state index in [1.54, 1.807) is 0 Å². The first-order valence-corrected chi connectivity index (χ1v) is 7.66. The summed E-state index contributed by atoms with van der Waals surface area (Å²) in [6, 6.07) is 16.5. The summed E-state index contributed by atoms with van der Waals surface area (Å²) < 4.78 is 0. The standard InChI is InChI=1S/C17H13BrO2/c18-16-14-11-7-3-1-5-9(11)13(15(16)17(19)20)10-6-2-4-8-12(10)14/h1-8,13-16H,(H,19,20)/t13?,14?,15-,16+/m0/s1. The van der Waals surface area contributed by atoms with Crippen LogP contribution in [0, 0.1) is 5.92 Å². The third-order valence-corrected chi connectivity index (χ3v) is 5.74. The van der Waals surface area contributed by atoms with E-state index in [4.69, 9.17) is 0 Å². The zero-order valence-corrected chi connectivity index (χ0v) is 12.2. The highest BCUT2D eigenvalue weighted by Gasteiger charge is 2.51. The molecule has 0 fully saturated rings. The molecule has 0 saturated heterocycles. The lowest BCUT2D eigenvalue weighted by Gasteiger charge is -2.47. The SMILES string of the molecule is O=C(O)[C@H]1C2c3ccccc3C(c3ccccc32)[C@H]1Br. The molecule has 0 aromatic heterocycles. The lowest BCUT2D eigenvalue weighted by atomic mass is 9.59. The van der Waals surface area contributed by atoms with Crippen molar-refractivity contribution in [2.45, 2.75) is 16.7 Å². The Morgan fingerprint density at radius 1 is 0.850 bits per heavy atom. The molecule has 5 rings (SSSR count). The normalized spacial score (nSPS) is 29.6. The summed E-state index contributed by atoms with van der Waals surface area (Å²) in [5.74, 6) is -1.03. The van der Waals surface area contributed by atoms with Gasteiger partial charge in [0, 0.05) is 16.7 Å². The van der Waals surface area contributed by atoms with E-state index in [0.717, 1.165) is 0 Å². The van der Waals surface area contributed by atoms with Gasteiger partial charge in [-0.1, -0.05) is 64.5 Å². The fourth-order valence-electron chi connectivity index (χ4n) is 3.89. The van der Waals surface area contributed by atoms with E-state index in [-0.39, 0.29) is 16.7 Å². The third kappa shape index (κ3) is 1.41. The molecule has 3 heteroatoms. The summed E-state index contributed by atoms with van der Waals surface area (Å²) in [5.41, 5.74) is 4.91. The number of carbonyl (C=O) groups is 1. The summed E-state index contributed by atoms with van der Waals surface area (Å²) in [5, 5.41) is 9.65. The van der Waals surface area contributed by atoms with Crippen molar-refractivity contribution >= 4 is 21.9 Å². The van der Waals surface area contributed by atoms with Crippen molar-refractivity contribution in [3.05, 3.63) is 70.8 Å². The second-order valence-electron chi connectivity index (χ2n) is 5.52. The zero-order valence-electron chi connectivity index (χ0n) is 10.7. The van der Waals surface area contributed by atoms with Crippen molar-refractivity contribution in [2.24, 2.45) is 5.92 Å². The molecule has 2 nitrogen and oxygen atoms in total. The Hall–Kier alpha value is -1.61. The quantitative estimate of drug-likeness (QED) is 0.809. The summed E-state index contributed by atoms with van der Waals surface area (Å²) in [6.45, 7) is 0. The number of aliphatic carboxylic acids is 1. The van der Waals surface area contributed by atoms with Crippen molar-refractivity contribution in [1.29, 1.82) is 0 Å². The minimum Gasteiger partial charge on any atom is -0.481 e. The molecule has 2 aromatic carbocycles. The second kappa shape index (κ2) is 4.19. The smallest absolute Gasteiger partial charge is 0.308 e. The monoisotopic (exact) mass is 328 g/mol. The Morgan fingerprint density at radius 3 is 1.65 bits per heavy atom. The van der Waals surface area contributed by atoms with E-state index in [1.165, 1.54) is 22.3 Å². The Kier molecular flexibility index (Phi) is 2.55. The van der Waals surface area contributed by atoms with Crippen molar-refractivity contribution in [3.63, 3.8) is 0 Å². The van der Waals surface area contributed by atoms with Crippen LogP contribution in [0.5, 0.6) is 0 Å². The number of fused-ring (bicyclic) bond motifs is 1. The lowest BCUT2D eigenvalue weighted by molar-refractivity contribution is -0.142. The van der Waals surface area contributed by atoms with Gasteiger partial charge in [-0.05, 0) is 22.3 Å². The summed E-state index contributed by atoms with van der Waals surface area (Å²) in [4.78, 5) is 11.7. The molecule has 0 heterocycles. The fraction of sp³-hybridized carbons (Fsp3) is 0.235. The van der Waals surface area contributed by atoms with Crippen LogP contribution < -0.4 is 0 Å². The second-order valence-corrected chi connectivity index (χ2v) is 6.58. The average Bonchev–Trinajstić information content (AvgIpc) is 2.47. The Balaban J connectivity index is 2.04. The van der Waals surface area contributed by atoms with Gasteiger partial charge in [-0.25, -0.2) is 0 Å². The molecule has 0 saturated carbocycles. The lowest BCUT2D eigenvalue weighted by Crippen LogP contribution is -2.44. The molecule has 0 radical (unpaired) electrons. The molecule has 1 N–H and O–H groups in total. The number of hydrogen-bond acceptors (Lipinski definition) is 1. The Labute approximate surface area is 125 Å². The van der Waals surface area contributed by atoms with Crippen molar-refractivity contribution in [2.75, 3.05) is 0 Å². The Morgan fingerprint density at radius 2 is 1.25 bits per heavy atom. The molecule has 2 bridgehead atoms. The maximum absolute atomic E-state index is 11.7. The number of carboxylic acids is 1. The van der Waals surface area contributed by atoms with Crippen molar-refractivity contribution in [3.8, 4) is 0 Å². The summed E-state index contributed by atoms with van der Waals surface area (Å²) in [7, 11) is 0. The molecule has 100 valence electrons. The van der Waals surface area contributed by atoms with Gasteiger partial charge in [0.2, 0.25) is 0 Å². The van der Waals surface area contributed by atoms with E-state index in [9.17, 15) is 9.90 Å². The third-order valence-electron chi connectivity index (χ3n) is 4.64. The highest BCUT2D eigenvalue weighted by atomic mass is 79.9. The van der Waals surface area contributed by atoms with Crippen LogP contribution in [0.4, 0.5) is 0 Å². The van der Waals surface area contributed by atoms with Crippen molar-refractivity contribution < 1.29 is 9.90 Å². The molecule has 0 amide bonds. The molecule has 3 aliphatic rings. The van der Waals surface area contributed by atoms with Crippen LogP contribution in [-0.2, 0) is 4.79 Å². The molecule has 2 atom stereocenters. The number of halogens is 1. The van der Waals surface area contributed by atoms with E-state index in [1.807, 2.05) is 24.3 Å². The van der Waals surface area contributed by atoms with Gasteiger partial charge >= 0.3 is 5.97 Å². The van der Waals surface area contributed by atoms with E-state index >= 15 is 0 Å². The maximum Gasteiger partial charge on any atom is 0.308 e. The van der Waals surface area contributed by atoms with Gasteiger partial charge in [-0.2, -0.15) is 0 Å². The molecular formula is C17H13BrO2. The summed E-state index contributed by atoms with van der Waals surface area (Å²) >= 11 is 3.67. The van der Waals surface area contributed by atoms with Crippen LogP contribution in [-0.4, -0.2) is 15.9 Å². The minimum atomic E-state index is -0.717. The highest BCUT2D eigenvalue weighted by molar-refractivity contribution is 9.09. The first-order chi connectivity index (χ1) is 9.70. The van der Waals surface area contributed by atoms with Gasteiger partial charge in [0.15, 0.2) is 0 Å². The van der Waals surface area contributed by atoms with E-state index in [0.29, 0.717) is 0 Å². The van der Waals surface area contributed by atoms with E-state index in [2.05, 4.69) is 40.2 Å². The van der Waals surface area contributed by atoms with Crippen LogP contribution in [0.25, 0.3) is 0 Å². The average molecular weight is 329 g/mol. The van der Waals surface area contributed by atoms with Crippen molar-refractivity contribution in [1.82, 2.24) is 0 Å². The topological polar surface area (TPSA) is 37.3 Å². The number of hydrogen-bond donors (Lipinski definition) is 1. The molecular weight excluding hydrogens is 316 g/mol. The fourth-order valence-corrected chi connectivity index (χ4v) is 4.99. The molecule has 3 aliphatic carbocycles. The van der Waals surface area contributed by atoms with Gasteiger partial charge in [0.05, 0.1) is 5.92 Å². The van der Waals surface area contributed by atoms with Crippen LogP contribution in [0.15, 0.2) is 48.5 Å². The van der Waals surface area contributed by atoms with Crippen LogP contribution in [0.3, 0.4) is 0 Å². The maximum atomic E-state index is 11.7. The van der Waals surface area contributed by atoms with Gasteiger partial charge in [0.25, 0.3) is 0 Å². The largest absolute Gasteiger partial charge is 0.481 e. The molecule has 20 heavy (non-hydrogen) atoms. The molecule has 2 aromatic rings. The predicted molar refractivity (Wildman–Crippen MR) is 80.4 cm³/mol. The van der Waals surface area contributed by atoms with E-state index < -0.39 is 11.9 Å². The first-order valence-electron chi connectivity index (χ1n) is 6.74. The van der Waals surface area contributed by atoms with Gasteiger partial charge < -0.3 is 5.11 Å². The first kappa shape index (κ1) is 12.2. The van der Waals surface area contributed by atoms with Crippen LogP contribution >= 0.6 is 15.9 Å². The number of carboxylic acid groups (broad SMARTS) is 1. The van der Waals surface area contributed by atoms with Crippen LogP contribution in [0.2, 0.25) is 0 Å². The molecule has 0 spiro atoms. The Bertz CT molecular complexity index is 662. The number of benzene rings is 2. The molecule has 0 unspecified atom stereocenters. The number of rotatable bonds is 1. The van der Waals surface area contributed by atoms with Gasteiger partial charge in [0.1, 0.15) is 0 Å². The zero-order chi connectivity index (χ0) is 13.9. The minimum absolute atomic E-state index is 0.0465. The summed E-state index contributed by atoms with van der Waals surface area (Å²) in [6.07, 6.45) is 0. The molecule has 0 aliphatic heterocycles. The highest BCUT2D eigenvalue weighted by Crippen LogP contribution is 2.57. The van der Waals surface area contributed by atoms with Gasteiger partial charge in [-0.3, -0.25) is 4.79 Å². The van der Waals surface area contributed by atoms with Gasteiger partial charge in [-0.15, -0.1) is 0 Å². The number of alkyl halides is 1. The predicted octanol–water partition coefficient (Wildman–Crippen LogP) is 3.74. The van der Waals surface area contributed by atoms with Crippen LogP contribution in [0.1, 0.15) is 34.1 Å².